The van der Waals surface area contributed by atoms with Gasteiger partial charge in [-0.3, -0.25) is 0 Å². The van der Waals surface area contributed by atoms with Crippen LogP contribution in [0.2, 0.25) is 10.0 Å². The van der Waals surface area contributed by atoms with Gasteiger partial charge >= 0.3 is 0 Å². The minimum atomic E-state index is 0.353. The molecule has 1 aliphatic rings. The largest absolute Gasteiger partial charge is 0.369 e. The molecule has 1 atom stereocenters. The number of anilines is 1. The molecular weight excluding hydrogens is 295 g/mol. The minimum absolute atomic E-state index is 0.353. The quantitative estimate of drug-likeness (QED) is 0.922. The van der Waals surface area contributed by atoms with E-state index in [0.717, 1.165) is 37.1 Å². The molecule has 4 nitrogen and oxygen atoms in total. The van der Waals surface area contributed by atoms with E-state index in [9.17, 15) is 0 Å². The number of hydrogen-bond donors (Lipinski definition) is 1. The van der Waals surface area contributed by atoms with Crippen LogP contribution in [0.15, 0.2) is 12.1 Å². The Balaban J connectivity index is 2.06. The van der Waals surface area contributed by atoms with Crippen LogP contribution < -0.4 is 5.73 Å². The fraction of sp³-hybridized carbons (Fsp3) is 0.500. The number of likely N-dealkylation sites (tertiary alicyclic amines) is 1. The van der Waals surface area contributed by atoms with Gasteiger partial charge in [0, 0.05) is 12.6 Å². The second-order valence-electron chi connectivity index (χ2n) is 5.28. The summed E-state index contributed by atoms with van der Waals surface area (Å²) in [6.45, 7) is 5.42. The summed E-state index contributed by atoms with van der Waals surface area (Å²) in [4.78, 5) is 6.86. The van der Waals surface area contributed by atoms with Crippen LogP contribution in [0.1, 0.15) is 25.8 Å². The zero-order chi connectivity index (χ0) is 14.3. The Hall–Kier alpha value is -0.970. The summed E-state index contributed by atoms with van der Waals surface area (Å²) in [5, 5.41) is 1.06. The number of nitrogens with two attached hydrogens (primary N) is 1. The average molecular weight is 313 g/mol. The number of nitrogens with zero attached hydrogens (tertiary/aromatic N) is 3. The molecule has 2 aromatic rings. The normalized spacial score (nSPS) is 20.6. The van der Waals surface area contributed by atoms with Crippen molar-refractivity contribution in [2.45, 2.75) is 25.8 Å². The molecule has 1 aliphatic heterocycles. The number of fused-ring (bicyclic) bond motifs is 1. The first-order valence-electron chi connectivity index (χ1n) is 6.95. The van der Waals surface area contributed by atoms with Crippen molar-refractivity contribution in [3.63, 3.8) is 0 Å². The maximum atomic E-state index is 6.14. The molecule has 108 valence electrons. The number of nitrogen functional groups attached to an aromatic ring is 1. The van der Waals surface area contributed by atoms with E-state index in [4.69, 9.17) is 28.9 Å². The summed E-state index contributed by atoms with van der Waals surface area (Å²) in [5.41, 5.74) is 7.90. The predicted molar refractivity (Wildman–Crippen MR) is 84.6 cm³/mol. The van der Waals surface area contributed by atoms with Crippen LogP contribution in [0.5, 0.6) is 0 Å². The van der Waals surface area contributed by atoms with E-state index in [1.807, 2.05) is 6.07 Å². The topological polar surface area (TPSA) is 47.1 Å². The molecule has 0 amide bonds. The van der Waals surface area contributed by atoms with Gasteiger partial charge in [0.25, 0.3) is 0 Å². The monoisotopic (exact) mass is 312 g/mol. The van der Waals surface area contributed by atoms with Crippen LogP contribution >= 0.6 is 23.2 Å². The maximum Gasteiger partial charge on any atom is 0.201 e. The van der Waals surface area contributed by atoms with E-state index in [2.05, 4.69) is 21.4 Å². The number of likely N-dealkylation sites (N-methyl/N-ethyl adjacent to an activating group) is 1. The number of hydrogen-bond acceptors (Lipinski definition) is 3. The highest BCUT2D eigenvalue weighted by Gasteiger charge is 2.24. The number of rotatable bonds is 2. The molecule has 6 heteroatoms. The Bertz CT molecular complexity index is 638. The van der Waals surface area contributed by atoms with E-state index in [0.29, 0.717) is 22.0 Å². The highest BCUT2D eigenvalue weighted by atomic mass is 35.5. The fourth-order valence-corrected chi connectivity index (χ4v) is 3.34. The second-order valence-corrected chi connectivity index (χ2v) is 6.10. The molecular formula is C14H18Cl2N4. The van der Waals surface area contributed by atoms with Crippen molar-refractivity contribution in [1.82, 2.24) is 14.5 Å². The molecule has 1 unspecified atom stereocenters. The van der Waals surface area contributed by atoms with Gasteiger partial charge in [-0.15, -0.1) is 0 Å². The smallest absolute Gasteiger partial charge is 0.201 e. The molecule has 1 aromatic carbocycles. The SMILES string of the molecule is CCN1CCCC(n2c(N)nc3cc(Cl)c(Cl)cc32)C1. The number of imidazole rings is 1. The number of piperidine rings is 1. The van der Waals surface area contributed by atoms with Gasteiger partial charge < -0.3 is 15.2 Å². The lowest BCUT2D eigenvalue weighted by Gasteiger charge is -2.33. The molecule has 2 heterocycles. The van der Waals surface area contributed by atoms with Gasteiger partial charge in [0.05, 0.1) is 21.1 Å². The summed E-state index contributed by atoms with van der Waals surface area (Å²) in [6.07, 6.45) is 2.30. The molecule has 1 saturated heterocycles. The van der Waals surface area contributed by atoms with E-state index in [-0.39, 0.29) is 0 Å². The molecule has 20 heavy (non-hydrogen) atoms. The van der Waals surface area contributed by atoms with E-state index < -0.39 is 0 Å². The summed E-state index contributed by atoms with van der Waals surface area (Å²) in [7, 11) is 0. The molecule has 0 spiro atoms. The number of benzene rings is 1. The Morgan fingerprint density at radius 3 is 2.85 bits per heavy atom. The van der Waals surface area contributed by atoms with Crippen molar-refractivity contribution in [2.75, 3.05) is 25.4 Å². The summed E-state index contributed by atoms with van der Waals surface area (Å²) < 4.78 is 2.11. The van der Waals surface area contributed by atoms with Crippen molar-refractivity contribution in [1.29, 1.82) is 0 Å². The molecule has 0 bridgehead atoms. The zero-order valence-electron chi connectivity index (χ0n) is 11.4. The third kappa shape index (κ3) is 2.36. The lowest BCUT2D eigenvalue weighted by molar-refractivity contribution is 0.188. The molecule has 0 radical (unpaired) electrons. The van der Waals surface area contributed by atoms with Gasteiger partial charge in [0.15, 0.2) is 0 Å². The second kappa shape index (κ2) is 5.43. The van der Waals surface area contributed by atoms with Crippen molar-refractivity contribution in [2.24, 2.45) is 0 Å². The van der Waals surface area contributed by atoms with Crippen LogP contribution in [-0.2, 0) is 0 Å². The van der Waals surface area contributed by atoms with Crippen molar-refractivity contribution in [3.8, 4) is 0 Å². The van der Waals surface area contributed by atoms with Gasteiger partial charge in [0.2, 0.25) is 5.95 Å². The van der Waals surface area contributed by atoms with Gasteiger partial charge in [0.1, 0.15) is 0 Å². The van der Waals surface area contributed by atoms with E-state index in [1.54, 1.807) is 6.07 Å². The van der Waals surface area contributed by atoms with E-state index >= 15 is 0 Å². The standard InChI is InChI=1S/C14H18Cl2N4/c1-2-19-5-3-4-9(8-19)20-13-7-11(16)10(15)6-12(13)18-14(20)17/h6-7,9H,2-5,8H2,1H3,(H2,17,18). The first kappa shape index (κ1) is 14.0. The van der Waals surface area contributed by atoms with Gasteiger partial charge in [-0.25, -0.2) is 4.98 Å². The Morgan fingerprint density at radius 1 is 1.35 bits per heavy atom. The lowest BCUT2D eigenvalue weighted by Crippen LogP contribution is -2.36. The van der Waals surface area contributed by atoms with Gasteiger partial charge in [-0.2, -0.15) is 0 Å². The highest BCUT2D eigenvalue weighted by Crippen LogP contribution is 2.33. The fourth-order valence-electron chi connectivity index (χ4n) is 3.02. The summed E-state index contributed by atoms with van der Waals surface area (Å²) in [5.74, 6) is 0.543. The van der Waals surface area contributed by atoms with Crippen LogP contribution in [0.25, 0.3) is 11.0 Å². The van der Waals surface area contributed by atoms with Gasteiger partial charge in [-0.1, -0.05) is 30.1 Å². The van der Waals surface area contributed by atoms with Crippen molar-refractivity contribution >= 4 is 40.2 Å². The molecule has 2 N–H and O–H groups in total. The van der Waals surface area contributed by atoms with Crippen LogP contribution in [0, 0.1) is 0 Å². The number of halogens is 2. The lowest BCUT2D eigenvalue weighted by atomic mass is 10.1. The van der Waals surface area contributed by atoms with Crippen molar-refractivity contribution < 1.29 is 0 Å². The predicted octanol–water partition coefficient (Wildman–Crippen LogP) is 3.58. The van der Waals surface area contributed by atoms with Crippen molar-refractivity contribution in [3.05, 3.63) is 22.2 Å². The Morgan fingerprint density at radius 2 is 2.10 bits per heavy atom. The van der Waals surface area contributed by atoms with Crippen LogP contribution in [0.3, 0.4) is 0 Å². The molecule has 1 fully saturated rings. The summed E-state index contributed by atoms with van der Waals surface area (Å²) in [6, 6.07) is 4.01. The Kier molecular flexibility index (Phi) is 3.80. The third-order valence-electron chi connectivity index (χ3n) is 4.05. The minimum Gasteiger partial charge on any atom is -0.369 e. The molecule has 0 aliphatic carbocycles. The highest BCUT2D eigenvalue weighted by molar-refractivity contribution is 6.42. The van der Waals surface area contributed by atoms with Crippen LogP contribution in [-0.4, -0.2) is 34.1 Å². The van der Waals surface area contributed by atoms with Gasteiger partial charge in [-0.05, 0) is 38.1 Å². The first-order chi connectivity index (χ1) is 9.60. The molecule has 3 rings (SSSR count). The third-order valence-corrected chi connectivity index (χ3v) is 4.77. The zero-order valence-corrected chi connectivity index (χ0v) is 13.0. The first-order valence-corrected chi connectivity index (χ1v) is 7.70. The maximum absolute atomic E-state index is 6.14. The Labute approximate surface area is 128 Å². The van der Waals surface area contributed by atoms with Crippen LogP contribution in [0.4, 0.5) is 5.95 Å². The summed E-state index contributed by atoms with van der Waals surface area (Å²) >= 11 is 12.2. The number of aromatic nitrogens is 2. The molecule has 0 saturated carbocycles. The molecule has 1 aromatic heterocycles. The van der Waals surface area contributed by atoms with E-state index in [1.165, 1.54) is 6.42 Å². The average Bonchev–Trinajstić information content (AvgIpc) is 2.74.